The summed E-state index contributed by atoms with van der Waals surface area (Å²) in [4.78, 5) is 4.41. The summed E-state index contributed by atoms with van der Waals surface area (Å²) in [5.74, 6) is 2.63. The van der Waals surface area contributed by atoms with Crippen LogP contribution in [-0.2, 0) is 13.5 Å². The fourth-order valence-electron chi connectivity index (χ4n) is 2.62. The van der Waals surface area contributed by atoms with Gasteiger partial charge in [-0.25, -0.2) is 4.98 Å². The van der Waals surface area contributed by atoms with Crippen LogP contribution in [0, 0.1) is 11.8 Å². The van der Waals surface area contributed by atoms with E-state index in [0.29, 0.717) is 17.9 Å². The molecule has 1 aromatic heterocycles. The van der Waals surface area contributed by atoms with Gasteiger partial charge in [0.15, 0.2) is 0 Å². The molecule has 0 aliphatic rings. The number of hydrogen-bond donors (Lipinski definition) is 1. The lowest BCUT2D eigenvalue weighted by Gasteiger charge is -2.28. The molecule has 3 nitrogen and oxygen atoms in total. The summed E-state index contributed by atoms with van der Waals surface area (Å²) < 4.78 is 2.13. The predicted molar refractivity (Wildman–Crippen MR) is 77.6 cm³/mol. The number of imidazole rings is 1. The lowest BCUT2D eigenvalue weighted by Crippen LogP contribution is -2.37. The number of aromatic nitrogens is 2. The molecule has 2 atom stereocenters. The molecule has 18 heavy (non-hydrogen) atoms. The molecule has 3 heteroatoms. The van der Waals surface area contributed by atoms with Crippen LogP contribution in [0.15, 0.2) is 12.4 Å². The van der Waals surface area contributed by atoms with Gasteiger partial charge in [0.1, 0.15) is 5.82 Å². The fraction of sp³-hybridized carbons (Fsp3) is 0.800. The predicted octanol–water partition coefficient (Wildman–Crippen LogP) is 3.01. The zero-order valence-corrected chi connectivity index (χ0v) is 12.6. The molecular formula is C15H29N3. The Hall–Kier alpha value is -0.830. The third-order valence-corrected chi connectivity index (χ3v) is 3.84. The normalized spacial score (nSPS) is 15.0. The zero-order chi connectivity index (χ0) is 13.5. The SMILES string of the molecule is CCCNC(C)C(CCc1nccn1C)C(C)C. The van der Waals surface area contributed by atoms with E-state index in [1.807, 2.05) is 12.4 Å². The summed E-state index contributed by atoms with van der Waals surface area (Å²) in [6.45, 7) is 10.3. The van der Waals surface area contributed by atoms with Gasteiger partial charge in [0.25, 0.3) is 0 Å². The lowest BCUT2D eigenvalue weighted by molar-refractivity contribution is 0.272. The minimum atomic E-state index is 0.588. The molecule has 1 aromatic rings. The highest BCUT2D eigenvalue weighted by Gasteiger charge is 2.20. The van der Waals surface area contributed by atoms with E-state index in [-0.39, 0.29) is 0 Å². The second kappa shape index (κ2) is 7.57. The molecule has 1 N–H and O–H groups in total. The van der Waals surface area contributed by atoms with E-state index in [1.165, 1.54) is 18.7 Å². The van der Waals surface area contributed by atoms with Crippen molar-refractivity contribution in [1.82, 2.24) is 14.9 Å². The van der Waals surface area contributed by atoms with Gasteiger partial charge in [0, 0.05) is 31.9 Å². The first-order valence-electron chi connectivity index (χ1n) is 7.25. The summed E-state index contributed by atoms with van der Waals surface area (Å²) in [5.41, 5.74) is 0. The molecule has 0 radical (unpaired) electrons. The van der Waals surface area contributed by atoms with Crippen LogP contribution in [0.2, 0.25) is 0 Å². The Morgan fingerprint density at radius 2 is 2.06 bits per heavy atom. The standard InChI is InChI=1S/C15H29N3/c1-6-9-16-13(4)14(12(2)3)7-8-15-17-10-11-18(15)5/h10-14,16H,6-9H2,1-5H3. The Kier molecular flexibility index (Phi) is 6.41. The summed E-state index contributed by atoms with van der Waals surface area (Å²) >= 11 is 0. The van der Waals surface area contributed by atoms with E-state index in [1.54, 1.807) is 0 Å². The Balaban J connectivity index is 2.50. The third-order valence-electron chi connectivity index (χ3n) is 3.84. The van der Waals surface area contributed by atoms with E-state index < -0.39 is 0 Å². The second-order valence-electron chi connectivity index (χ2n) is 5.64. The van der Waals surface area contributed by atoms with Crippen LogP contribution in [0.1, 0.15) is 46.4 Å². The Labute approximate surface area is 112 Å². The minimum absolute atomic E-state index is 0.588. The average Bonchev–Trinajstić information content (AvgIpc) is 2.72. The van der Waals surface area contributed by atoms with Crippen LogP contribution in [-0.4, -0.2) is 22.1 Å². The molecule has 0 saturated heterocycles. The summed E-state index contributed by atoms with van der Waals surface area (Å²) in [7, 11) is 2.07. The monoisotopic (exact) mass is 251 g/mol. The van der Waals surface area contributed by atoms with Crippen LogP contribution in [0.5, 0.6) is 0 Å². The van der Waals surface area contributed by atoms with Crippen molar-refractivity contribution in [2.24, 2.45) is 18.9 Å². The Morgan fingerprint density at radius 3 is 2.56 bits per heavy atom. The van der Waals surface area contributed by atoms with Crippen LogP contribution in [0.25, 0.3) is 0 Å². The van der Waals surface area contributed by atoms with Gasteiger partial charge in [-0.15, -0.1) is 0 Å². The van der Waals surface area contributed by atoms with Gasteiger partial charge in [-0.1, -0.05) is 20.8 Å². The van der Waals surface area contributed by atoms with Crippen molar-refractivity contribution in [3.63, 3.8) is 0 Å². The van der Waals surface area contributed by atoms with Crippen LogP contribution < -0.4 is 5.32 Å². The quantitative estimate of drug-likeness (QED) is 0.769. The fourth-order valence-corrected chi connectivity index (χ4v) is 2.62. The molecule has 0 bridgehead atoms. The molecule has 1 heterocycles. The molecule has 0 aliphatic carbocycles. The molecule has 0 spiro atoms. The summed E-state index contributed by atoms with van der Waals surface area (Å²) in [6.07, 6.45) is 7.40. The van der Waals surface area contributed by atoms with Crippen molar-refractivity contribution in [3.05, 3.63) is 18.2 Å². The van der Waals surface area contributed by atoms with Crippen molar-refractivity contribution >= 4 is 0 Å². The smallest absolute Gasteiger partial charge is 0.108 e. The van der Waals surface area contributed by atoms with Crippen molar-refractivity contribution in [2.75, 3.05) is 6.54 Å². The van der Waals surface area contributed by atoms with Crippen LogP contribution >= 0.6 is 0 Å². The molecule has 0 amide bonds. The first kappa shape index (κ1) is 15.2. The highest BCUT2D eigenvalue weighted by Crippen LogP contribution is 2.21. The highest BCUT2D eigenvalue weighted by molar-refractivity contribution is 4.92. The van der Waals surface area contributed by atoms with Crippen molar-refractivity contribution < 1.29 is 0 Å². The van der Waals surface area contributed by atoms with Gasteiger partial charge < -0.3 is 9.88 Å². The van der Waals surface area contributed by atoms with Gasteiger partial charge in [-0.05, 0) is 38.1 Å². The minimum Gasteiger partial charge on any atom is -0.338 e. The van der Waals surface area contributed by atoms with Gasteiger partial charge in [0.05, 0.1) is 0 Å². The molecule has 0 fully saturated rings. The Bertz CT molecular complexity index is 330. The topological polar surface area (TPSA) is 29.9 Å². The van der Waals surface area contributed by atoms with Gasteiger partial charge >= 0.3 is 0 Å². The van der Waals surface area contributed by atoms with Crippen LogP contribution in [0.4, 0.5) is 0 Å². The van der Waals surface area contributed by atoms with Crippen molar-refractivity contribution in [1.29, 1.82) is 0 Å². The molecule has 0 aliphatic heterocycles. The van der Waals surface area contributed by atoms with E-state index in [0.717, 1.165) is 13.0 Å². The molecule has 104 valence electrons. The van der Waals surface area contributed by atoms with Crippen molar-refractivity contribution in [2.45, 2.75) is 53.0 Å². The number of aryl methyl sites for hydroxylation is 2. The van der Waals surface area contributed by atoms with E-state index in [4.69, 9.17) is 0 Å². The zero-order valence-electron chi connectivity index (χ0n) is 12.6. The number of hydrogen-bond acceptors (Lipinski definition) is 2. The largest absolute Gasteiger partial charge is 0.338 e. The molecular weight excluding hydrogens is 222 g/mol. The number of rotatable bonds is 8. The highest BCUT2D eigenvalue weighted by atomic mass is 15.0. The van der Waals surface area contributed by atoms with E-state index >= 15 is 0 Å². The first-order valence-corrected chi connectivity index (χ1v) is 7.25. The van der Waals surface area contributed by atoms with Crippen molar-refractivity contribution in [3.8, 4) is 0 Å². The number of nitrogens with one attached hydrogen (secondary N) is 1. The van der Waals surface area contributed by atoms with Crippen LogP contribution in [0.3, 0.4) is 0 Å². The number of nitrogens with zero attached hydrogens (tertiary/aromatic N) is 2. The summed E-state index contributed by atoms with van der Waals surface area (Å²) in [5, 5.41) is 3.63. The molecule has 0 aromatic carbocycles. The van der Waals surface area contributed by atoms with E-state index in [9.17, 15) is 0 Å². The molecule has 2 unspecified atom stereocenters. The Morgan fingerprint density at radius 1 is 1.33 bits per heavy atom. The van der Waals surface area contributed by atoms with Gasteiger partial charge in [-0.3, -0.25) is 0 Å². The maximum atomic E-state index is 4.41. The third kappa shape index (κ3) is 4.45. The lowest BCUT2D eigenvalue weighted by atomic mass is 9.85. The van der Waals surface area contributed by atoms with Gasteiger partial charge in [-0.2, -0.15) is 0 Å². The summed E-state index contributed by atoms with van der Waals surface area (Å²) in [6, 6.07) is 0.588. The average molecular weight is 251 g/mol. The molecule has 1 rings (SSSR count). The second-order valence-corrected chi connectivity index (χ2v) is 5.64. The first-order chi connectivity index (χ1) is 8.56. The maximum absolute atomic E-state index is 4.41. The molecule has 0 saturated carbocycles. The van der Waals surface area contributed by atoms with E-state index in [2.05, 4.69) is 49.6 Å². The maximum Gasteiger partial charge on any atom is 0.108 e. The van der Waals surface area contributed by atoms with Gasteiger partial charge in [0.2, 0.25) is 0 Å².